The van der Waals surface area contributed by atoms with Gasteiger partial charge in [-0.1, -0.05) is 48.5 Å². The van der Waals surface area contributed by atoms with Crippen molar-refractivity contribution in [2.75, 3.05) is 24.5 Å². The van der Waals surface area contributed by atoms with Crippen LogP contribution < -0.4 is 10.6 Å². The molecule has 1 unspecified atom stereocenters. The van der Waals surface area contributed by atoms with Crippen molar-refractivity contribution in [1.29, 1.82) is 0 Å². The standard InChI is InChI=1S/C19H23N3O2/c20-18(23)11-12-19(16-7-3-1-4-8-16)15-21(13-14-22(19)24)17-9-5-2-6-10-17/h1-10,24H,11-15H2,(H2,20,23). The number of hydroxylamine groups is 2. The molecule has 1 saturated heterocycles. The number of piperazine rings is 1. The number of nitrogens with two attached hydrogens (primary N) is 1. The van der Waals surface area contributed by atoms with Crippen LogP contribution in [0.5, 0.6) is 0 Å². The molecule has 3 rings (SSSR count). The molecule has 5 heteroatoms. The fourth-order valence-electron chi connectivity index (χ4n) is 3.44. The molecule has 0 saturated carbocycles. The van der Waals surface area contributed by atoms with E-state index in [-0.39, 0.29) is 12.3 Å². The Morgan fingerprint density at radius 3 is 2.29 bits per heavy atom. The average molecular weight is 325 g/mol. The lowest BCUT2D eigenvalue weighted by molar-refractivity contribution is -0.187. The van der Waals surface area contributed by atoms with Crippen LogP contribution in [0.4, 0.5) is 5.69 Å². The number of hydrogen-bond acceptors (Lipinski definition) is 4. The first kappa shape index (κ1) is 16.5. The second kappa shape index (κ2) is 7.03. The Kier molecular flexibility index (Phi) is 4.83. The maximum atomic E-state index is 11.4. The van der Waals surface area contributed by atoms with E-state index in [1.54, 1.807) is 0 Å². The molecule has 3 N–H and O–H groups in total. The van der Waals surface area contributed by atoms with Crippen LogP contribution in [0.1, 0.15) is 18.4 Å². The molecular formula is C19H23N3O2. The Hall–Kier alpha value is -2.37. The number of hydrogen-bond donors (Lipinski definition) is 2. The van der Waals surface area contributed by atoms with Crippen molar-refractivity contribution in [2.45, 2.75) is 18.4 Å². The topological polar surface area (TPSA) is 69.8 Å². The largest absolute Gasteiger partial charge is 0.370 e. The third kappa shape index (κ3) is 3.27. The van der Waals surface area contributed by atoms with Crippen LogP contribution in [0.25, 0.3) is 0 Å². The van der Waals surface area contributed by atoms with Gasteiger partial charge in [-0.05, 0) is 24.1 Å². The van der Waals surface area contributed by atoms with Gasteiger partial charge in [0.15, 0.2) is 0 Å². The SMILES string of the molecule is NC(=O)CCC1(c2ccccc2)CN(c2ccccc2)CCN1O. The fourth-order valence-corrected chi connectivity index (χ4v) is 3.44. The van der Waals surface area contributed by atoms with E-state index in [4.69, 9.17) is 5.73 Å². The summed E-state index contributed by atoms with van der Waals surface area (Å²) in [5, 5.41) is 12.1. The van der Waals surface area contributed by atoms with E-state index in [0.717, 1.165) is 17.8 Å². The monoisotopic (exact) mass is 325 g/mol. The molecule has 126 valence electrons. The summed E-state index contributed by atoms with van der Waals surface area (Å²) in [6.07, 6.45) is 0.709. The predicted octanol–water partition coefficient (Wildman–Crippen LogP) is 2.36. The first-order valence-corrected chi connectivity index (χ1v) is 8.22. The highest BCUT2D eigenvalue weighted by Crippen LogP contribution is 2.37. The Morgan fingerprint density at radius 2 is 1.67 bits per heavy atom. The van der Waals surface area contributed by atoms with Crippen molar-refractivity contribution >= 4 is 11.6 Å². The van der Waals surface area contributed by atoms with Crippen LogP contribution in [0, 0.1) is 0 Å². The highest BCUT2D eigenvalue weighted by molar-refractivity contribution is 5.73. The van der Waals surface area contributed by atoms with Crippen molar-refractivity contribution in [3.8, 4) is 0 Å². The molecule has 0 radical (unpaired) electrons. The minimum atomic E-state index is -0.648. The van der Waals surface area contributed by atoms with Crippen LogP contribution in [-0.2, 0) is 10.3 Å². The average Bonchev–Trinajstić information content (AvgIpc) is 2.62. The van der Waals surface area contributed by atoms with Crippen LogP contribution in [0.2, 0.25) is 0 Å². The third-order valence-corrected chi connectivity index (χ3v) is 4.75. The highest BCUT2D eigenvalue weighted by atomic mass is 16.5. The predicted molar refractivity (Wildman–Crippen MR) is 93.7 cm³/mol. The summed E-state index contributed by atoms with van der Waals surface area (Å²) < 4.78 is 0. The number of nitrogens with zero attached hydrogens (tertiary/aromatic N) is 2. The first-order valence-electron chi connectivity index (χ1n) is 8.22. The molecule has 1 heterocycles. The molecule has 0 spiro atoms. The molecule has 2 aromatic rings. The molecule has 5 nitrogen and oxygen atoms in total. The van der Waals surface area contributed by atoms with E-state index in [2.05, 4.69) is 17.0 Å². The number of benzene rings is 2. The van der Waals surface area contributed by atoms with Gasteiger partial charge in [-0.3, -0.25) is 4.79 Å². The fraction of sp³-hybridized carbons (Fsp3) is 0.316. The van der Waals surface area contributed by atoms with Gasteiger partial charge < -0.3 is 15.8 Å². The van der Waals surface area contributed by atoms with E-state index < -0.39 is 5.54 Å². The number of para-hydroxylation sites is 1. The third-order valence-electron chi connectivity index (χ3n) is 4.75. The van der Waals surface area contributed by atoms with Crippen molar-refractivity contribution in [3.63, 3.8) is 0 Å². The maximum absolute atomic E-state index is 11.4. The van der Waals surface area contributed by atoms with Crippen LogP contribution in [-0.4, -0.2) is 35.8 Å². The van der Waals surface area contributed by atoms with Gasteiger partial charge in [-0.25, -0.2) is 0 Å². The van der Waals surface area contributed by atoms with Crippen LogP contribution in [0.3, 0.4) is 0 Å². The van der Waals surface area contributed by atoms with Gasteiger partial charge in [0.1, 0.15) is 0 Å². The maximum Gasteiger partial charge on any atom is 0.217 e. The van der Waals surface area contributed by atoms with Gasteiger partial charge in [0, 0.05) is 31.7 Å². The minimum Gasteiger partial charge on any atom is -0.370 e. The van der Waals surface area contributed by atoms with Crippen molar-refractivity contribution < 1.29 is 10.0 Å². The van der Waals surface area contributed by atoms with Gasteiger partial charge in [0.05, 0.1) is 5.54 Å². The van der Waals surface area contributed by atoms with Gasteiger partial charge in [-0.15, -0.1) is 0 Å². The molecule has 1 atom stereocenters. The molecule has 1 amide bonds. The summed E-state index contributed by atoms with van der Waals surface area (Å²) in [5.74, 6) is -0.351. The Balaban J connectivity index is 1.96. The molecule has 1 fully saturated rings. The number of primary amides is 1. The molecule has 0 aliphatic carbocycles. The molecule has 0 bridgehead atoms. The summed E-state index contributed by atoms with van der Waals surface area (Å²) in [4.78, 5) is 13.6. The van der Waals surface area contributed by atoms with Gasteiger partial charge in [0.25, 0.3) is 0 Å². The number of rotatable bonds is 5. The quantitative estimate of drug-likeness (QED) is 0.885. The smallest absolute Gasteiger partial charge is 0.217 e. The van der Waals surface area contributed by atoms with E-state index in [0.29, 0.717) is 19.5 Å². The summed E-state index contributed by atoms with van der Waals surface area (Å²) in [5.41, 5.74) is 6.85. The van der Waals surface area contributed by atoms with Gasteiger partial charge in [0.2, 0.25) is 5.91 Å². The molecule has 0 aromatic heterocycles. The summed E-state index contributed by atoms with van der Waals surface area (Å²) in [7, 11) is 0. The Labute approximate surface area is 142 Å². The zero-order valence-corrected chi connectivity index (χ0v) is 13.6. The number of carbonyl (C=O) groups excluding carboxylic acids is 1. The zero-order chi connectivity index (χ0) is 17.0. The van der Waals surface area contributed by atoms with E-state index >= 15 is 0 Å². The van der Waals surface area contributed by atoms with Gasteiger partial charge in [-0.2, -0.15) is 5.06 Å². The van der Waals surface area contributed by atoms with Crippen LogP contribution >= 0.6 is 0 Å². The lowest BCUT2D eigenvalue weighted by atomic mass is 9.82. The highest BCUT2D eigenvalue weighted by Gasteiger charge is 2.43. The van der Waals surface area contributed by atoms with E-state index in [1.807, 2.05) is 48.5 Å². The zero-order valence-electron chi connectivity index (χ0n) is 13.6. The lowest BCUT2D eigenvalue weighted by Gasteiger charge is -2.49. The van der Waals surface area contributed by atoms with Gasteiger partial charge >= 0.3 is 0 Å². The van der Waals surface area contributed by atoms with Crippen molar-refractivity contribution in [2.24, 2.45) is 5.73 Å². The second-order valence-corrected chi connectivity index (χ2v) is 6.24. The minimum absolute atomic E-state index is 0.231. The van der Waals surface area contributed by atoms with E-state index in [9.17, 15) is 10.0 Å². The number of carbonyl (C=O) groups is 1. The molecule has 1 aliphatic heterocycles. The van der Waals surface area contributed by atoms with E-state index in [1.165, 1.54) is 5.06 Å². The molecule has 1 aliphatic rings. The Bertz CT molecular complexity index is 678. The normalized spacial score (nSPS) is 21.6. The first-order chi connectivity index (χ1) is 11.6. The second-order valence-electron chi connectivity index (χ2n) is 6.24. The Morgan fingerprint density at radius 1 is 1.04 bits per heavy atom. The summed E-state index contributed by atoms with van der Waals surface area (Å²) in [6.45, 7) is 1.83. The van der Waals surface area contributed by atoms with Crippen LogP contribution in [0.15, 0.2) is 60.7 Å². The lowest BCUT2D eigenvalue weighted by Crippen LogP contribution is -2.59. The van der Waals surface area contributed by atoms with Crippen molar-refractivity contribution in [1.82, 2.24) is 5.06 Å². The summed E-state index contributed by atoms with van der Waals surface area (Å²) >= 11 is 0. The number of anilines is 1. The van der Waals surface area contributed by atoms with Crippen molar-refractivity contribution in [3.05, 3.63) is 66.2 Å². The molecular weight excluding hydrogens is 302 g/mol. The molecule has 2 aromatic carbocycles. The summed E-state index contributed by atoms with van der Waals surface area (Å²) in [6, 6.07) is 20.0. The molecule has 24 heavy (non-hydrogen) atoms. The number of amides is 1.